The van der Waals surface area contributed by atoms with Crippen molar-refractivity contribution in [3.8, 4) is 0 Å². The first-order chi connectivity index (χ1) is 9.94. The van der Waals surface area contributed by atoms with Crippen LogP contribution in [0, 0.1) is 0 Å². The quantitative estimate of drug-likeness (QED) is 0.794. The van der Waals surface area contributed by atoms with Crippen molar-refractivity contribution in [3.63, 3.8) is 0 Å². The van der Waals surface area contributed by atoms with Gasteiger partial charge in [0, 0.05) is 5.03 Å². The van der Waals surface area contributed by atoms with Gasteiger partial charge in [0.15, 0.2) is 0 Å². The maximum Gasteiger partial charge on any atom is 0.109 e. The van der Waals surface area contributed by atoms with E-state index in [0.29, 0.717) is 10.6 Å². The van der Waals surface area contributed by atoms with Gasteiger partial charge in [-0.1, -0.05) is 66.2 Å². The fraction of sp³-hybridized carbons (Fsp3) is 0.125. The molecule has 0 N–H and O–H groups in total. The van der Waals surface area contributed by atoms with E-state index in [1.807, 2.05) is 30.3 Å². The van der Waals surface area contributed by atoms with Gasteiger partial charge >= 0.3 is 0 Å². The van der Waals surface area contributed by atoms with Crippen LogP contribution in [-0.4, -0.2) is 13.0 Å². The van der Waals surface area contributed by atoms with Crippen molar-refractivity contribution in [1.82, 2.24) is 0 Å². The SMILES string of the molecule is O=S(=O)([O-])C1(c2cccc3ccccc23)C=CC(Cl)=CC1. The van der Waals surface area contributed by atoms with Crippen LogP contribution < -0.4 is 0 Å². The molecule has 0 spiro atoms. The van der Waals surface area contributed by atoms with Gasteiger partial charge in [-0.05, 0) is 28.8 Å². The minimum absolute atomic E-state index is 0.0438. The van der Waals surface area contributed by atoms with E-state index in [2.05, 4.69) is 0 Å². The summed E-state index contributed by atoms with van der Waals surface area (Å²) in [5.74, 6) is 0. The number of benzene rings is 2. The predicted octanol–water partition coefficient (Wildman–Crippen LogP) is 3.66. The summed E-state index contributed by atoms with van der Waals surface area (Å²) < 4.78 is 34.3. The van der Waals surface area contributed by atoms with Gasteiger partial charge in [0.05, 0.1) is 0 Å². The Bertz CT molecular complexity index is 863. The summed E-state index contributed by atoms with van der Waals surface area (Å²) in [7, 11) is -4.60. The van der Waals surface area contributed by atoms with Gasteiger partial charge in [0.1, 0.15) is 14.9 Å². The van der Waals surface area contributed by atoms with Crippen molar-refractivity contribution in [2.24, 2.45) is 0 Å². The zero-order chi connectivity index (χ0) is 15.1. The summed E-state index contributed by atoms with van der Waals surface area (Å²) in [6, 6.07) is 12.8. The average molecular weight is 320 g/mol. The standard InChI is InChI=1S/C16H13ClO3S/c17-13-8-10-16(11-9-13,21(18,19)20)15-7-3-5-12-4-1-2-6-14(12)15/h1-10H,11H2,(H,18,19,20)/p-1. The van der Waals surface area contributed by atoms with E-state index in [-0.39, 0.29) is 6.42 Å². The van der Waals surface area contributed by atoms with E-state index in [1.54, 1.807) is 18.2 Å². The summed E-state index contributed by atoms with van der Waals surface area (Å²) in [4.78, 5) is 0. The summed E-state index contributed by atoms with van der Waals surface area (Å²) in [6.07, 6.45) is 4.49. The van der Waals surface area contributed by atoms with Crippen molar-refractivity contribution in [2.45, 2.75) is 11.2 Å². The molecule has 3 rings (SSSR count). The molecule has 0 heterocycles. The molecule has 0 aliphatic heterocycles. The highest BCUT2D eigenvalue weighted by molar-refractivity contribution is 7.87. The lowest BCUT2D eigenvalue weighted by atomic mass is 9.88. The Morgan fingerprint density at radius 1 is 1.10 bits per heavy atom. The number of hydrogen-bond acceptors (Lipinski definition) is 3. The molecule has 0 radical (unpaired) electrons. The number of fused-ring (bicyclic) bond motifs is 1. The van der Waals surface area contributed by atoms with Crippen LogP contribution in [0.25, 0.3) is 10.8 Å². The molecular weight excluding hydrogens is 308 g/mol. The van der Waals surface area contributed by atoms with Gasteiger partial charge in [0.25, 0.3) is 0 Å². The molecule has 1 aliphatic rings. The Morgan fingerprint density at radius 3 is 2.48 bits per heavy atom. The fourth-order valence-electron chi connectivity index (χ4n) is 2.71. The maximum absolute atomic E-state index is 12.0. The molecule has 0 amide bonds. The van der Waals surface area contributed by atoms with E-state index in [9.17, 15) is 13.0 Å². The van der Waals surface area contributed by atoms with Crippen LogP contribution in [-0.2, 0) is 14.9 Å². The zero-order valence-electron chi connectivity index (χ0n) is 11.0. The largest absolute Gasteiger partial charge is 0.747 e. The monoisotopic (exact) mass is 319 g/mol. The average Bonchev–Trinajstić information content (AvgIpc) is 2.46. The first kappa shape index (κ1) is 14.3. The minimum atomic E-state index is -4.60. The van der Waals surface area contributed by atoms with Gasteiger partial charge in [-0.25, -0.2) is 8.42 Å². The number of halogens is 1. The van der Waals surface area contributed by atoms with Gasteiger partial charge in [-0.3, -0.25) is 0 Å². The predicted molar refractivity (Wildman–Crippen MR) is 83.0 cm³/mol. The van der Waals surface area contributed by atoms with Crippen LogP contribution in [0.15, 0.2) is 65.7 Å². The second-order valence-electron chi connectivity index (χ2n) is 5.00. The Labute approximate surface area is 128 Å². The molecule has 21 heavy (non-hydrogen) atoms. The van der Waals surface area contributed by atoms with Crippen LogP contribution in [0.2, 0.25) is 0 Å². The molecular formula is C16H12ClO3S-. The van der Waals surface area contributed by atoms with Crippen molar-refractivity contribution in [2.75, 3.05) is 0 Å². The topological polar surface area (TPSA) is 57.2 Å². The molecule has 0 saturated heterocycles. The van der Waals surface area contributed by atoms with Crippen molar-refractivity contribution >= 4 is 32.5 Å². The lowest BCUT2D eigenvalue weighted by Gasteiger charge is -2.35. The van der Waals surface area contributed by atoms with Crippen LogP contribution in [0.5, 0.6) is 0 Å². The highest BCUT2D eigenvalue weighted by atomic mass is 35.5. The molecule has 1 unspecified atom stereocenters. The van der Waals surface area contributed by atoms with E-state index in [1.165, 1.54) is 12.2 Å². The van der Waals surface area contributed by atoms with E-state index in [0.717, 1.165) is 10.8 Å². The van der Waals surface area contributed by atoms with Crippen molar-refractivity contribution in [1.29, 1.82) is 0 Å². The molecule has 1 aliphatic carbocycles. The molecule has 0 bridgehead atoms. The van der Waals surface area contributed by atoms with E-state index < -0.39 is 14.9 Å². The summed E-state index contributed by atoms with van der Waals surface area (Å²) in [6.45, 7) is 0. The Balaban J connectivity index is 2.34. The molecule has 108 valence electrons. The number of allylic oxidation sites excluding steroid dienone is 3. The summed E-state index contributed by atoms with van der Waals surface area (Å²) in [5, 5.41) is 2.09. The van der Waals surface area contributed by atoms with Gasteiger partial charge < -0.3 is 4.55 Å². The highest BCUT2D eigenvalue weighted by Gasteiger charge is 2.38. The Morgan fingerprint density at radius 2 is 1.81 bits per heavy atom. The highest BCUT2D eigenvalue weighted by Crippen LogP contribution is 2.42. The number of hydrogen-bond donors (Lipinski definition) is 0. The van der Waals surface area contributed by atoms with Gasteiger partial charge in [0.2, 0.25) is 0 Å². The third-order valence-corrected chi connectivity index (χ3v) is 5.50. The minimum Gasteiger partial charge on any atom is -0.747 e. The molecule has 0 fully saturated rings. The zero-order valence-corrected chi connectivity index (χ0v) is 12.6. The van der Waals surface area contributed by atoms with Crippen LogP contribution in [0.1, 0.15) is 12.0 Å². The van der Waals surface area contributed by atoms with E-state index in [4.69, 9.17) is 11.6 Å². The molecule has 0 saturated carbocycles. The van der Waals surface area contributed by atoms with E-state index >= 15 is 0 Å². The normalized spacial score (nSPS) is 22.3. The Hall–Kier alpha value is -1.62. The maximum atomic E-state index is 12.0. The number of rotatable bonds is 2. The molecule has 3 nitrogen and oxygen atoms in total. The van der Waals surface area contributed by atoms with Gasteiger partial charge in [-0.15, -0.1) is 0 Å². The second kappa shape index (κ2) is 4.98. The van der Waals surface area contributed by atoms with Crippen LogP contribution in [0.4, 0.5) is 0 Å². The Kier molecular flexibility index (Phi) is 3.40. The van der Waals surface area contributed by atoms with Crippen LogP contribution >= 0.6 is 11.6 Å². The molecule has 2 aromatic carbocycles. The first-order valence-electron chi connectivity index (χ1n) is 6.43. The van der Waals surface area contributed by atoms with Crippen molar-refractivity contribution < 1.29 is 13.0 Å². The van der Waals surface area contributed by atoms with Gasteiger partial charge in [-0.2, -0.15) is 0 Å². The molecule has 0 aromatic heterocycles. The molecule has 5 heteroatoms. The summed E-state index contributed by atoms with van der Waals surface area (Å²) >= 11 is 5.88. The van der Waals surface area contributed by atoms with Crippen LogP contribution in [0.3, 0.4) is 0 Å². The van der Waals surface area contributed by atoms with Crippen molar-refractivity contribution in [3.05, 3.63) is 71.3 Å². The lowest BCUT2D eigenvalue weighted by Crippen LogP contribution is -2.34. The fourth-order valence-corrected chi connectivity index (χ4v) is 3.82. The smallest absolute Gasteiger partial charge is 0.109 e. The molecule has 2 aromatic rings. The third-order valence-electron chi connectivity index (χ3n) is 3.80. The molecule has 1 atom stereocenters. The first-order valence-corrected chi connectivity index (χ1v) is 8.21. The summed E-state index contributed by atoms with van der Waals surface area (Å²) in [5.41, 5.74) is 0.493. The lowest BCUT2D eigenvalue weighted by molar-refractivity contribution is 0.431. The second-order valence-corrected chi connectivity index (χ2v) is 7.07. The third kappa shape index (κ3) is 2.29.